The summed E-state index contributed by atoms with van der Waals surface area (Å²) in [7, 11) is 0. The minimum Gasteiger partial charge on any atom is -0.383 e. The van der Waals surface area contributed by atoms with E-state index in [0.717, 1.165) is 47.0 Å². The number of nitrogen functional groups attached to an aromatic ring is 2. The summed E-state index contributed by atoms with van der Waals surface area (Å²) < 4.78 is 0. The molecule has 0 unspecified atom stereocenters. The Morgan fingerprint density at radius 3 is 1.69 bits per heavy atom. The van der Waals surface area contributed by atoms with Crippen LogP contribution in [-0.2, 0) is 25.7 Å². The maximum absolute atomic E-state index is 6.13. The first kappa shape index (κ1) is 18.5. The number of halogens is 2. The van der Waals surface area contributed by atoms with E-state index >= 15 is 0 Å². The Bertz CT molecular complexity index is 878. The summed E-state index contributed by atoms with van der Waals surface area (Å²) in [6, 6.07) is 15.6. The Balaban J connectivity index is 1.75. The Kier molecular flexibility index (Phi) is 5.96. The van der Waals surface area contributed by atoms with E-state index in [1.165, 1.54) is 11.1 Å². The molecular weight excluding hydrogens is 367 g/mol. The fraction of sp³-hybridized carbons (Fsp3) is 0.200. The Labute approximate surface area is 163 Å². The van der Waals surface area contributed by atoms with Gasteiger partial charge in [-0.3, -0.25) is 0 Å². The van der Waals surface area contributed by atoms with Gasteiger partial charge in [0.15, 0.2) is 0 Å². The van der Waals surface area contributed by atoms with Crippen LogP contribution in [0.2, 0.25) is 10.0 Å². The van der Waals surface area contributed by atoms with Crippen molar-refractivity contribution >= 4 is 35.0 Å². The van der Waals surface area contributed by atoms with Crippen LogP contribution in [0.3, 0.4) is 0 Å². The summed E-state index contributed by atoms with van der Waals surface area (Å²) in [6.45, 7) is 0. The molecule has 0 bridgehead atoms. The van der Waals surface area contributed by atoms with Gasteiger partial charge < -0.3 is 11.5 Å². The van der Waals surface area contributed by atoms with E-state index in [-0.39, 0.29) is 5.95 Å². The zero-order chi connectivity index (χ0) is 18.5. The average molecular weight is 387 g/mol. The van der Waals surface area contributed by atoms with Crippen molar-refractivity contribution in [3.8, 4) is 0 Å². The van der Waals surface area contributed by atoms with Gasteiger partial charge >= 0.3 is 0 Å². The second kappa shape index (κ2) is 8.39. The first-order valence-electron chi connectivity index (χ1n) is 8.41. The molecule has 4 N–H and O–H groups in total. The quantitative estimate of drug-likeness (QED) is 0.652. The van der Waals surface area contributed by atoms with Gasteiger partial charge in [-0.25, -0.2) is 4.98 Å². The number of nitrogens with two attached hydrogens (primary N) is 2. The third kappa shape index (κ3) is 4.87. The van der Waals surface area contributed by atoms with Gasteiger partial charge in [0.05, 0.1) is 5.69 Å². The molecule has 0 spiro atoms. The summed E-state index contributed by atoms with van der Waals surface area (Å²) in [6.07, 6.45) is 3.17. The highest BCUT2D eigenvalue weighted by molar-refractivity contribution is 6.30. The van der Waals surface area contributed by atoms with E-state index in [0.29, 0.717) is 5.82 Å². The lowest BCUT2D eigenvalue weighted by Crippen LogP contribution is -2.11. The second-order valence-electron chi connectivity index (χ2n) is 6.15. The highest BCUT2D eigenvalue weighted by atomic mass is 35.5. The van der Waals surface area contributed by atoms with Crippen molar-refractivity contribution in [3.05, 3.63) is 81.0 Å². The third-order valence-electron chi connectivity index (χ3n) is 4.28. The molecule has 0 atom stereocenters. The zero-order valence-corrected chi connectivity index (χ0v) is 15.8. The van der Waals surface area contributed by atoms with Crippen LogP contribution in [0.4, 0.5) is 11.8 Å². The Morgan fingerprint density at radius 2 is 1.15 bits per heavy atom. The van der Waals surface area contributed by atoms with E-state index in [9.17, 15) is 0 Å². The molecule has 0 amide bonds. The molecule has 4 nitrogen and oxygen atoms in total. The standard InChI is InChI=1S/C20H20Cl2N4/c21-15-7-1-13(2-8-15)5-11-17-18(25-20(24)26-19(17)23)12-6-14-3-9-16(22)10-4-14/h1-4,7-10H,5-6,11-12H2,(H4,23,24,25,26). The molecule has 6 heteroatoms. The maximum Gasteiger partial charge on any atom is 0.222 e. The lowest BCUT2D eigenvalue weighted by molar-refractivity contribution is 0.849. The van der Waals surface area contributed by atoms with Crippen molar-refractivity contribution in [3.63, 3.8) is 0 Å². The smallest absolute Gasteiger partial charge is 0.222 e. The van der Waals surface area contributed by atoms with Crippen molar-refractivity contribution in [1.29, 1.82) is 0 Å². The number of anilines is 2. The summed E-state index contributed by atoms with van der Waals surface area (Å²) in [5.74, 6) is 0.668. The van der Waals surface area contributed by atoms with Gasteiger partial charge in [0.2, 0.25) is 5.95 Å². The van der Waals surface area contributed by atoms with Gasteiger partial charge in [-0.2, -0.15) is 4.98 Å². The zero-order valence-electron chi connectivity index (χ0n) is 14.3. The monoisotopic (exact) mass is 386 g/mol. The van der Waals surface area contributed by atoms with E-state index in [2.05, 4.69) is 9.97 Å². The van der Waals surface area contributed by atoms with E-state index in [4.69, 9.17) is 34.7 Å². The Morgan fingerprint density at radius 1 is 0.654 bits per heavy atom. The summed E-state index contributed by atoms with van der Waals surface area (Å²) in [5.41, 5.74) is 16.2. The fourth-order valence-electron chi connectivity index (χ4n) is 2.88. The van der Waals surface area contributed by atoms with Crippen LogP contribution < -0.4 is 11.5 Å². The van der Waals surface area contributed by atoms with Crippen LogP contribution in [0, 0.1) is 0 Å². The largest absolute Gasteiger partial charge is 0.383 e. The molecule has 0 radical (unpaired) electrons. The average Bonchev–Trinajstić information content (AvgIpc) is 2.62. The van der Waals surface area contributed by atoms with E-state index in [1.807, 2.05) is 48.5 Å². The normalized spacial score (nSPS) is 10.8. The molecule has 0 saturated heterocycles. The number of aromatic nitrogens is 2. The van der Waals surface area contributed by atoms with Crippen LogP contribution >= 0.6 is 23.2 Å². The van der Waals surface area contributed by atoms with Gasteiger partial charge in [-0.15, -0.1) is 0 Å². The fourth-order valence-corrected chi connectivity index (χ4v) is 3.13. The van der Waals surface area contributed by atoms with E-state index in [1.54, 1.807) is 0 Å². The van der Waals surface area contributed by atoms with Crippen molar-refractivity contribution in [2.75, 3.05) is 11.5 Å². The highest BCUT2D eigenvalue weighted by Crippen LogP contribution is 2.21. The first-order chi connectivity index (χ1) is 12.5. The maximum atomic E-state index is 6.13. The number of benzene rings is 2. The molecule has 134 valence electrons. The molecule has 1 aromatic heterocycles. The summed E-state index contributed by atoms with van der Waals surface area (Å²) in [4.78, 5) is 8.57. The van der Waals surface area contributed by atoms with Crippen LogP contribution in [0.25, 0.3) is 0 Å². The molecule has 0 aliphatic heterocycles. The SMILES string of the molecule is Nc1nc(N)c(CCc2ccc(Cl)cc2)c(CCc2ccc(Cl)cc2)n1. The number of hydrogen-bond acceptors (Lipinski definition) is 4. The molecule has 3 aromatic rings. The van der Waals surface area contributed by atoms with Crippen molar-refractivity contribution in [2.24, 2.45) is 0 Å². The molecule has 1 heterocycles. The van der Waals surface area contributed by atoms with Crippen LogP contribution in [0.5, 0.6) is 0 Å². The molecule has 0 fully saturated rings. The number of rotatable bonds is 6. The van der Waals surface area contributed by atoms with Gasteiger partial charge in [-0.05, 0) is 61.1 Å². The van der Waals surface area contributed by atoms with Crippen LogP contribution in [0.1, 0.15) is 22.4 Å². The highest BCUT2D eigenvalue weighted by Gasteiger charge is 2.12. The number of aryl methyl sites for hydroxylation is 3. The molecule has 3 rings (SSSR count). The molecule has 0 saturated carbocycles. The molecular formula is C20H20Cl2N4. The molecule has 0 aliphatic carbocycles. The van der Waals surface area contributed by atoms with Gasteiger partial charge in [0.1, 0.15) is 5.82 Å². The van der Waals surface area contributed by atoms with Crippen molar-refractivity contribution < 1.29 is 0 Å². The van der Waals surface area contributed by atoms with Crippen LogP contribution in [0.15, 0.2) is 48.5 Å². The van der Waals surface area contributed by atoms with Gasteiger partial charge in [0.25, 0.3) is 0 Å². The lowest BCUT2D eigenvalue weighted by Gasteiger charge is -2.12. The summed E-state index contributed by atoms with van der Waals surface area (Å²) in [5, 5.41) is 1.46. The third-order valence-corrected chi connectivity index (χ3v) is 4.79. The van der Waals surface area contributed by atoms with E-state index < -0.39 is 0 Å². The van der Waals surface area contributed by atoms with Gasteiger partial charge in [-0.1, -0.05) is 47.5 Å². The van der Waals surface area contributed by atoms with Gasteiger partial charge in [0, 0.05) is 15.6 Å². The number of hydrogen-bond donors (Lipinski definition) is 2. The minimum atomic E-state index is 0.212. The predicted octanol–water partition coefficient (Wildman–Crippen LogP) is 4.52. The Hall–Kier alpha value is -2.30. The molecule has 0 aliphatic rings. The second-order valence-corrected chi connectivity index (χ2v) is 7.02. The predicted molar refractivity (Wildman–Crippen MR) is 109 cm³/mol. The van der Waals surface area contributed by atoms with Crippen molar-refractivity contribution in [2.45, 2.75) is 25.7 Å². The minimum absolute atomic E-state index is 0.212. The lowest BCUT2D eigenvalue weighted by atomic mass is 10.00. The topological polar surface area (TPSA) is 77.8 Å². The molecule has 26 heavy (non-hydrogen) atoms. The van der Waals surface area contributed by atoms with Crippen molar-refractivity contribution in [1.82, 2.24) is 9.97 Å². The van der Waals surface area contributed by atoms with Crippen LogP contribution in [-0.4, -0.2) is 9.97 Å². The summed E-state index contributed by atoms with van der Waals surface area (Å²) >= 11 is 11.9. The molecule has 2 aromatic carbocycles. The first-order valence-corrected chi connectivity index (χ1v) is 9.16. The number of nitrogens with zero attached hydrogens (tertiary/aromatic N) is 2.